The summed E-state index contributed by atoms with van der Waals surface area (Å²) in [6.07, 6.45) is 3.09. The first-order valence-electron chi connectivity index (χ1n) is 6.81. The predicted molar refractivity (Wildman–Crippen MR) is 89.0 cm³/mol. The highest BCUT2D eigenvalue weighted by Gasteiger charge is 2.10. The molecule has 22 heavy (non-hydrogen) atoms. The van der Waals surface area contributed by atoms with Crippen molar-refractivity contribution < 1.29 is 9.94 Å². The molecular weight excluding hydrogens is 298 g/mol. The Hall–Kier alpha value is -2.18. The first-order chi connectivity index (χ1) is 10.8. The molecule has 0 saturated heterocycles. The fourth-order valence-corrected chi connectivity index (χ4v) is 3.29. The summed E-state index contributed by atoms with van der Waals surface area (Å²) >= 11 is 1.69. The van der Waals surface area contributed by atoms with Crippen LogP contribution in [0.3, 0.4) is 0 Å². The molecule has 3 aromatic rings. The Labute approximate surface area is 132 Å². The number of hydrogen-bond acceptors (Lipinski definition) is 6. The number of ether oxygens (including phenoxy) is 1. The summed E-state index contributed by atoms with van der Waals surface area (Å²) in [5.74, 6) is 0.839. The normalized spacial score (nSPS) is 11.7. The number of hydrogen-bond donors (Lipinski definition) is 1. The number of methoxy groups -OCH3 is 1. The highest BCUT2D eigenvalue weighted by atomic mass is 32.2. The van der Waals surface area contributed by atoms with Crippen LogP contribution in [0.15, 0.2) is 46.6 Å². The van der Waals surface area contributed by atoms with Crippen LogP contribution in [-0.4, -0.2) is 40.9 Å². The summed E-state index contributed by atoms with van der Waals surface area (Å²) in [6.45, 7) is 0.670. The summed E-state index contributed by atoms with van der Waals surface area (Å²) in [6, 6.07) is 9.93. The van der Waals surface area contributed by atoms with Crippen LogP contribution in [0.5, 0.6) is 0 Å². The Balaban J connectivity index is 2.21. The summed E-state index contributed by atoms with van der Waals surface area (Å²) in [5.41, 5.74) is 2.27. The number of rotatable bonds is 5. The first kappa shape index (κ1) is 14.7. The van der Waals surface area contributed by atoms with Crippen LogP contribution in [-0.2, 0) is 4.74 Å². The van der Waals surface area contributed by atoms with E-state index in [0.717, 1.165) is 32.5 Å². The molecule has 0 saturated carbocycles. The lowest BCUT2D eigenvalue weighted by molar-refractivity contribution is 0.218. The van der Waals surface area contributed by atoms with Gasteiger partial charge in [0, 0.05) is 34.7 Å². The van der Waals surface area contributed by atoms with Gasteiger partial charge in [-0.3, -0.25) is 4.98 Å². The van der Waals surface area contributed by atoms with E-state index >= 15 is 0 Å². The third-order valence-electron chi connectivity index (χ3n) is 3.27. The Morgan fingerprint density at radius 3 is 3.05 bits per heavy atom. The van der Waals surface area contributed by atoms with Gasteiger partial charge in [-0.1, -0.05) is 23.4 Å². The molecule has 6 heteroatoms. The van der Waals surface area contributed by atoms with Crippen molar-refractivity contribution in [3.05, 3.63) is 42.2 Å². The van der Waals surface area contributed by atoms with E-state index in [1.807, 2.05) is 24.3 Å². The monoisotopic (exact) mass is 313 g/mol. The zero-order valence-electron chi connectivity index (χ0n) is 12.1. The van der Waals surface area contributed by atoms with Crippen LogP contribution in [0.25, 0.3) is 21.8 Å². The maximum atomic E-state index is 8.80. The van der Waals surface area contributed by atoms with Crippen LogP contribution in [0.1, 0.15) is 5.69 Å². The zero-order chi connectivity index (χ0) is 15.4. The van der Waals surface area contributed by atoms with E-state index in [4.69, 9.17) is 9.94 Å². The number of oxime groups is 1. The maximum Gasteiger partial charge on any atom is 0.0983 e. The van der Waals surface area contributed by atoms with Gasteiger partial charge in [0.05, 0.1) is 29.5 Å². The standard InChI is InChI=1S/C16H15N3O2S/c1-21-7-8-22-14-9-12(10-18-20)19-16-13(14)5-4-11-3-2-6-17-15(11)16/h2-6,9-10,20H,7-8H2,1H3/b18-10+. The molecule has 112 valence electrons. The van der Waals surface area contributed by atoms with Gasteiger partial charge in [-0.25, -0.2) is 4.98 Å². The Morgan fingerprint density at radius 2 is 2.23 bits per heavy atom. The molecule has 2 aromatic heterocycles. The molecule has 0 unspecified atom stereocenters. The van der Waals surface area contributed by atoms with Crippen molar-refractivity contribution in [2.45, 2.75) is 4.90 Å². The van der Waals surface area contributed by atoms with Crippen LogP contribution in [0.2, 0.25) is 0 Å². The van der Waals surface area contributed by atoms with Gasteiger partial charge < -0.3 is 9.94 Å². The fraction of sp³-hybridized carbons (Fsp3) is 0.188. The molecule has 0 radical (unpaired) electrons. The second-order valence-corrected chi connectivity index (χ2v) is 5.80. The van der Waals surface area contributed by atoms with Crippen molar-refractivity contribution in [1.82, 2.24) is 9.97 Å². The van der Waals surface area contributed by atoms with Crippen LogP contribution >= 0.6 is 11.8 Å². The molecule has 0 atom stereocenters. The molecule has 0 bridgehead atoms. The second-order valence-electron chi connectivity index (χ2n) is 4.67. The fourth-order valence-electron chi connectivity index (χ4n) is 2.29. The van der Waals surface area contributed by atoms with E-state index in [0.29, 0.717) is 12.3 Å². The number of pyridine rings is 2. The molecule has 0 fully saturated rings. The van der Waals surface area contributed by atoms with E-state index in [1.54, 1.807) is 25.1 Å². The number of nitrogens with zero attached hydrogens (tertiary/aromatic N) is 3. The molecule has 0 amide bonds. The number of thioether (sulfide) groups is 1. The molecule has 1 aromatic carbocycles. The quantitative estimate of drug-likeness (QED) is 0.195. The first-order valence-corrected chi connectivity index (χ1v) is 7.79. The summed E-state index contributed by atoms with van der Waals surface area (Å²) in [4.78, 5) is 10.1. The zero-order valence-corrected chi connectivity index (χ0v) is 12.9. The molecule has 0 aliphatic carbocycles. The van der Waals surface area contributed by atoms with Crippen molar-refractivity contribution >= 4 is 39.8 Å². The van der Waals surface area contributed by atoms with E-state index in [2.05, 4.69) is 21.2 Å². The van der Waals surface area contributed by atoms with Crippen molar-refractivity contribution in [2.24, 2.45) is 5.16 Å². The van der Waals surface area contributed by atoms with Gasteiger partial charge in [0.2, 0.25) is 0 Å². The number of aromatic nitrogens is 2. The van der Waals surface area contributed by atoms with Gasteiger partial charge in [0.15, 0.2) is 0 Å². The summed E-state index contributed by atoms with van der Waals surface area (Å²) < 4.78 is 5.11. The molecule has 3 rings (SSSR count). The molecule has 0 spiro atoms. The molecule has 0 aliphatic heterocycles. The van der Waals surface area contributed by atoms with Gasteiger partial charge in [0.1, 0.15) is 0 Å². The van der Waals surface area contributed by atoms with E-state index in [-0.39, 0.29) is 0 Å². The second kappa shape index (κ2) is 6.72. The maximum absolute atomic E-state index is 8.80. The third-order valence-corrected chi connectivity index (χ3v) is 4.29. The highest BCUT2D eigenvalue weighted by Crippen LogP contribution is 2.31. The minimum absolute atomic E-state index is 0.605. The lowest BCUT2D eigenvalue weighted by Crippen LogP contribution is -1.96. The van der Waals surface area contributed by atoms with Gasteiger partial charge in [0.25, 0.3) is 0 Å². The van der Waals surface area contributed by atoms with E-state index < -0.39 is 0 Å². The topological polar surface area (TPSA) is 67.6 Å². The van der Waals surface area contributed by atoms with E-state index in [1.165, 1.54) is 6.21 Å². The van der Waals surface area contributed by atoms with Crippen LogP contribution in [0, 0.1) is 0 Å². The van der Waals surface area contributed by atoms with Crippen molar-refractivity contribution in [1.29, 1.82) is 0 Å². The third kappa shape index (κ3) is 2.88. The lowest BCUT2D eigenvalue weighted by atomic mass is 10.1. The van der Waals surface area contributed by atoms with Gasteiger partial charge in [-0.15, -0.1) is 11.8 Å². The number of benzene rings is 1. The lowest BCUT2D eigenvalue weighted by Gasteiger charge is -2.09. The minimum atomic E-state index is 0.605. The Kier molecular flexibility index (Phi) is 4.50. The molecule has 0 aliphatic rings. The van der Waals surface area contributed by atoms with Gasteiger partial charge in [-0.05, 0) is 12.1 Å². The van der Waals surface area contributed by atoms with Crippen molar-refractivity contribution in [3.8, 4) is 0 Å². The van der Waals surface area contributed by atoms with Gasteiger partial charge >= 0.3 is 0 Å². The van der Waals surface area contributed by atoms with Crippen molar-refractivity contribution in [2.75, 3.05) is 19.5 Å². The highest BCUT2D eigenvalue weighted by molar-refractivity contribution is 7.99. The van der Waals surface area contributed by atoms with Crippen molar-refractivity contribution in [3.63, 3.8) is 0 Å². The SMILES string of the molecule is COCCSc1cc(/C=N/O)nc2c1ccc1cccnc12. The molecular formula is C16H15N3O2S. The summed E-state index contributed by atoms with van der Waals surface area (Å²) in [7, 11) is 1.69. The van der Waals surface area contributed by atoms with Crippen LogP contribution < -0.4 is 0 Å². The Morgan fingerprint density at radius 1 is 1.32 bits per heavy atom. The smallest absolute Gasteiger partial charge is 0.0983 e. The average molecular weight is 313 g/mol. The number of fused-ring (bicyclic) bond motifs is 3. The van der Waals surface area contributed by atoms with E-state index in [9.17, 15) is 0 Å². The Bertz CT molecular complexity index is 836. The van der Waals surface area contributed by atoms with Gasteiger partial charge in [-0.2, -0.15) is 0 Å². The molecule has 1 N–H and O–H groups in total. The minimum Gasteiger partial charge on any atom is -0.411 e. The van der Waals surface area contributed by atoms with Crippen LogP contribution in [0.4, 0.5) is 0 Å². The predicted octanol–water partition coefficient (Wildman–Crippen LogP) is 3.33. The summed E-state index contributed by atoms with van der Waals surface area (Å²) in [5, 5.41) is 14.0. The molecule has 2 heterocycles. The average Bonchev–Trinajstić information content (AvgIpc) is 2.55. The molecule has 5 nitrogen and oxygen atoms in total. The largest absolute Gasteiger partial charge is 0.411 e.